The Hall–Kier alpha value is -3.49. The minimum absolute atomic E-state index is 0.0936. The molecule has 0 aromatic heterocycles. The lowest BCUT2D eigenvalue weighted by Gasteiger charge is -2.09. The molecule has 0 atom stereocenters. The van der Waals surface area contributed by atoms with Crippen molar-refractivity contribution in [1.82, 2.24) is 10.9 Å². The Morgan fingerprint density at radius 3 is 2.25 bits per heavy atom. The van der Waals surface area contributed by atoms with Crippen molar-refractivity contribution < 1.29 is 23.6 Å². The van der Waals surface area contributed by atoms with E-state index in [2.05, 4.69) is 10.9 Å². The van der Waals surface area contributed by atoms with Crippen LogP contribution in [0.4, 0.5) is 10.1 Å². The molecular weight excluding hydrogens is 321 g/mol. The van der Waals surface area contributed by atoms with Gasteiger partial charge < -0.3 is 4.74 Å². The number of hydrogen-bond donors (Lipinski definition) is 2. The van der Waals surface area contributed by atoms with Crippen molar-refractivity contribution in [3.05, 3.63) is 69.5 Å². The molecule has 0 bridgehead atoms. The summed E-state index contributed by atoms with van der Waals surface area (Å²) in [5.41, 5.74) is 3.80. The van der Waals surface area contributed by atoms with E-state index in [1.54, 1.807) is 0 Å². The second-order valence-electron chi connectivity index (χ2n) is 4.56. The zero-order chi connectivity index (χ0) is 17.7. The highest BCUT2D eigenvalue weighted by molar-refractivity contribution is 5.99. The van der Waals surface area contributed by atoms with Crippen molar-refractivity contribution in [1.29, 1.82) is 0 Å². The molecule has 2 aromatic carbocycles. The molecule has 8 nitrogen and oxygen atoms in total. The molecular formula is C15H12FN3O5. The van der Waals surface area contributed by atoms with Gasteiger partial charge in [-0.2, -0.15) is 0 Å². The number of nitrogens with one attached hydrogen (secondary N) is 2. The first-order valence-electron chi connectivity index (χ1n) is 6.61. The van der Waals surface area contributed by atoms with Crippen LogP contribution in [0.5, 0.6) is 5.75 Å². The summed E-state index contributed by atoms with van der Waals surface area (Å²) in [6, 6.07) is 8.41. The number of carbonyl (C=O) groups is 2. The largest absolute Gasteiger partial charge is 0.497 e. The van der Waals surface area contributed by atoms with Crippen LogP contribution < -0.4 is 15.6 Å². The van der Waals surface area contributed by atoms with E-state index in [4.69, 9.17) is 4.74 Å². The average molecular weight is 333 g/mol. The summed E-state index contributed by atoms with van der Waals surface area (Å²) in [6.07, 6.45) is 0. The van der Waals surface area contributed by atoms with Gasteiger partial charge in [0.2, 0.25) is 0 Å². The molecule has 0 fully saturated rings. The number of nitrogens with zero attached hydrogens (tertiary/aromatic N) is 1. The third kappa shape index (κ3) is 3.83. The average Bonchev–Trinajstić information content (AvgIpc) is 2.59. The van der Waals surface area contributed by atoms with E-state index >= 15 is 0 Å². The van der Waals surface area contributed by atoms with E-state index < -0.39 is 22.6 Å². The zero-order valence-corrected chi connectivity index (χ0v) is 12.4. The summed E-state index contributed by atoms with van der Waals surface area (Å²) in [5.74, 6) is -2.12. The molecule has 0 aliphatic heterocycles. The minimum Gasteiger partial charge on any atom is -0.497 e. The van der Waals surface area contributed by atoms with Gasteiger partial charge in [0.15, 0.2) is 0 Å². The van der Waals surface area contributed by atoms with Crippen LogP contribution in [-0.2, 0) is 0 Å². The summed E-state index contributed by atoms with van der Waals surface area (Å²) >= 11 is 0. The molecule has 0 heterocycles. The fourth-order valence-corrected chi connectivity index (χ4v) is 1.79. The molecule has 124 valence electrons. The Balaban J connectivity index is 2.00. The number of nitro groups is 1. The first-order chi connectivity index (χ1) is 11.4. The Labute approximate surface area is 135 Å². The Kier molecular flexibility index (Phi) is 5.05. The number of non-ortho nitro benzene ring substituents is 1. The maximum absolute atomic E-state index is 13.7. The van der Waals surface area contributed by atoms with Crippen LogP contribution in [0.25, 0.3) is 0 Å². The third-order valence-electron chi connectivity index (χ3n) is 3.05. The third-order valence-corrected chi connectivity index (χ3v) is 3.05. The van der Waals surface area contributed by atoms with Crippen molar-refractivity contribution in [2.24, 2.45) is 0 Å². The molecule has 9 heteroatoms. The van der Waals surface area contributed by atoms with Gasteiger partial charge >= 0.3 is 0 Å². The number of hydrogen-bond acceptors (Lipinski definition) is 5. The quantitative estimate of drug-likeness (QED) is 0.655. The molecule has 2 N–H and O–H groups in total. The fraction of sp³-hybridized carbons (Fsp3) is 0.0667. The maximum atomic E-state index is 13.7. The molecule has 2 aromatic rings. The standard InChI is InChI=1S/C15H12FN3O5/c1-24-11-6-7-12(13(16)8-11)15(21)18-17-14(20)9-2-4-10(5-3-9)19(22)23/h2-8H,1H3,(H,17,20)(H,18,21). The molecule has 0 aliphatic rings. The smallest absolute Gasteiger partial charge is 0.272 e. The van der Waals surface area contributed by atoms with Crippen molar-refractivity contribution in [3.63, 3.8) is 0 Å². The van der Waals surface area contributed by atoms with Gasteiger partial charge in [0.25, 0.3) is 17.5 Å². The van der Waals surface area contributed by atoms with Gasteiger partial charge in [0.05, 0.1) is 17.6 Å². The molecule has 0 radical (unpaired) electrons. The number of rotatable bonds is 4. The van der Waals surface area contributed by atoms with E-state index in [1.807, 2.05) is 0 Å². The maximum Gasteiger partial charge on any atom is 0.272 e. The van der Waals surface area contributed by atoms with E-state index in [0.717, 1.165) is 18.2 Å². The number of amides is 2. The minimum atomic E-state index is -0.856. The van der Waals surface area contributed by atoms with Gasteiger partial charge in [-0.15, -0.1) is 0 Å². The topological polar surface area (TPSA) is 111 Å². The highest BCUT2D eigenvalue weighted by Gasteiger charge is 2.14. The molecule has 0 spiro atoms. The number of hydrazine groups is 1. The van der Waals surface area contributed by atoms with Gasteiger partial charge in [0.1, 0.15) is 11.6 Å². The zero-order valence-electron chi connectivity index (χ0n) is 12.4. The summed E-state index contributed by atoms with van der Waals surface area (Å²) < 4.78 is 18.6. The number of halogens is 1. The molecule has 2 amide bonds. The van der Waals surface area contributed by atoms with Crippen molar-refractivity contribution in [2.45, 2.75) is 0 Å². The second-order valence-corrected chi connectivity index (χ2v) is 4.56. The van der Waals surface area contributed by atoms with Crippen LogP contribution in [0.15, 0.2) is 42.5 Å². The van der Waals surface area contributed by atoms with Gasteiger partial charge in [-0.25, -0.2) is 4.39 Å². The molecule has 0 aliphatic carbocycles. The molecule has 2 rings (SSSR count). The highest BCUT2D eigenvalue weighted by atomic mass is 19.1. The van der Waals surface area contributed by atoms with Crippen LogP contribution >= 0.6 is 0 Å². The predicted octanol–water partition coefficient (Wildman–Crippen LogP) is 1.82. The van der Waals surface area contributed by atoms with E-state index in [-0.39, 0.29) is 22.6 Å². The van der Waals surface area contributed by atoms with Gasteiger partial charge in [0, 0.05) is 23.8 Å². The molecule has 0 saturated heterocycles. The van der Waals surface area contributed by atoms with E-state index in [9.17, 15) is 24.1 Å². The van der Waals surface area contributed by atoms with Gasteiger partial charge in [-0.05, 0) is 24.3 Å². The first kappa shape index (κ1) is 16.9. The van der Waals surface area contributed by atoms with Crippen molar-refractivity contribution in [3.8, 4) is 5.75 Å². The van der Waals surface area contributed by atoms with Crippen LogP contribution in [0.3, 0.4) is 0 Å². The first-order valence-corrected chi connectivity index (χ1v) is 6.61. The number of carbonyl (C=O) groups excluding carboxylic acids is 2. The Morgan fingerprint density at radius 2 is 1.71 bits per heavy atom. The Bertz CT molecular complexity index is 792. The van der Waals surface area contributed by atoms with Gasteiger partial charge in [-0.3, -0.25) is 30.6 Å². The normalized spacial score (nSPS) is 9.92. The van der Waals surface area contributed by atoms with E-state index in [1.165, 1.54) is 31.4 Å². The molecule has 0 unspecified atom stereocenters. The summed E-state index contributed by atoms with van der Waals surface area (Å²) in [5, 5.41) is 10.5. The SMILES string of the molecule is COc1ccc(C(=O)NNC(=O)c2ccc([N+](=O)[O-])cc2)c(F)c1. The molecule has 0 saturated carbocycles. The summed E-state index contributed by atoms with van der Waals surface area (Å²) in [6.45, 7) is 0. The van der Waals surface area contributed by atoms with Crippen molar-refractivity contribution >= 4 is 17.5 Å². The number of nitro benzene ring substituents is 1. The second kappa shape index (κ2) is 7.18. The van der Waals surface area contributed by atoms with Crippen LogP contribution in [0.1, 0.15) is 20.7 Å². The lowest BCUT2D eigenvalue weighted by Crippen LogP contribution is -2.41. The molecule has 24 heavy (non-hydrogen) atoms. The highest BCUT2D eigenvalue weighted by Crippen LogP contribution is 2.16. The fourth-order valence-electron chi connectivity index (χ4n) is 1.79. The number of methoxy groups -OCH3 is 1. The number of ether oxygens (including phenoxy) is 1. The lowest BCUT2D eigenvalue weighted by atomic mass is 10.2. The Morgan fingerprint density at radius 1 is 1.08 bits per heavy atom. The van der Waals surface area contributed by atoms with Gasteiger partial charge in [-0.1, -0.05) is 0 Å². The van der Waals surface area contributed by atoms with Crippen LogP contribution in [0, 0.1) is 15.9 Å². The summed E-state index contributed by atoms with van der Waals surface area (Å²) in [7, 11) is 1.36. The predicted molar refractivity (Wildman–Crippen MR) is 81.0 cm³/mol. The summed E-state index contributed by atoms with van der Waals surface area (Å²) in [4.78, 5) is 33.6. The van der Waals surface area contributed by atoms with Crippen LogP contribution in [-0.4, -0.2) is 23.8 Å². The van der Waals surface area contributed by atoms with E-state index in [0.29, 0.717) is 0 Å². The van der Waals surface area contributed by atoms with Crippen molar-refractivity contribution in [2.75, 3.05) is 7.11 Å². The number of benzene rings is 2. The lowest BCUT2D eigenvalue weighted by molar-refractivity contribution is -0.384. The van der Waals surface area contributed by atoms with Crippen LogP contribution in [0.2, 0.25) is 0 Å². The monoisotopic (exact) mass is 333 g/mol.